The summed E-state index contributed by atoms with van der Waals surface area (Å²) in [5.74, 6) is -0.0805. The van der Waals surface area contributed by atoms with Crippen molar-refractivity contribution in [2.75, 3.05) is 19.6 Å². The molecule has 3 rings (SSSR count). The summed E-state index contributed by atoms with van der Waals surface area (Å²) in [6.07, 6.45) is 0. The maximum Gasteiger partial charge on any atom is 0.254 e. The minimum absolute atomic E-state index is 0.0805. The van der Waals surface area contributed by atoms with Crippen LogP contribution in [-0.4, -0.2) is 36.2 Å². The van der Waals surface area contributed by atoms with Crippen LogP contribution in [0.2, 0.25) is 0 Å². The fourth-order valence-corrected chi connectivity index (χ4v) is 2.92. The highest BCUT2D eigenvalue weighted by atomic mass is 16.2. The molecule has 0 heterocycles. The van der Waals surface area contributed by atoms with Gasteiger partial charge in [0.15, 0.2) is 0 Å². The second-order valence-corrected chi connectivity index (χ2v) is 5.55. The fourth-order valence-electron chi connectivity index (χ4n) is 2.92. The molecule has 0 aromatic heterocycles. The van der Waals surface area contributed by atoms with Gasteiger partial charge in [0.25, 0.3) is 5.91 Å². The van der Waals surface area contributed by atoms with Gasteiger partial charge in [-0.25, -0.2) is 5.43 Å². The molecular weight excluding hydrogens is 286 g/mol. The molecule has 1 N–H and O–H groups in total. The van der Waals surface area contributed by atoms with Crippen LogP contribution in [0.5, 0.6) is 0 Å². The van der Waals surface area contributed by atoms with E-state index in [1.165, 1.54) is 11.1 Å². The summed E-state index contributed by atoms with van der Waals surface area (Å²) in [7, 11) is 0. The van der Waals surface area contributed by atoms with Crippen molar-refractivity contribution < 1.29 is 4.79 Å². The summed E-state index contributed by atoms with van der Waals surface area (Å²) in [6, 6.07) is 16.3. The third-order valence-electron chi connectivity index (χ3n) is 4.21. The molecule has 2 aromatic carbocycles. The molecule has 1 aliphatic rings. The average molecular weight is 307 g/mol. The van der Waals surface area contributed by atoms with E-state index in [-0.39, 0.29) is 5.91 Å². The lowest BCUT2D eigenvalue weighted by molar-refractivity contribution is -0.122. The number of hydrogen-bond acceptors (Lipinski definition) is 3. The topological polar surface area (TPSA) is 44.7 Å². The zero-order valence-corrected chi connectivity index (χ0v) is 13.5. The van der Waals surface area contributed by atoms with Crippen molar-refractivity contribution >= 4 is 11.6 Å². The van der Waals surface area contributed by atoms with Gasteiger partial charge in [0.05, 0.1) is 12.3 Å². The number of benzene rings is 2. The van der Waals surface area contributed by atoms with Crippen LogP contribution in [0.1, 0.15) is 25.0 Å². The van der Waals surface area contributed by atoms with Crippen molar-refractivity contribution in [3.05, 3.63) is 59.7 Å². The van der Waals surface area contributed by atoms with Crippen LogP contribution >= 0.6 is 0 Å². The quantitative estimate of drug-likeness (QED) is 0.737. The standard InChI is InChI=1S/C19H21N3O/c1-3-22(4-2)13-18(23)20-21-19-16-11-7-5-9-14(16)15-10-6-8-12-17(15)19/h5-12H,3-4,13H2,1-2H3,(H,20,23). The van der Waals surface area contributed by atoms with Crippen molar-refractivity contribution in [1.82, 2.24) is 10.3 Å². The predicted molar refractivity (Wildman–Crippen MR) is 93.4 cm³/mol. The Morgan fingerprint density at radius 1 is 0.913 bits per heavy atom. The monoisotopic (exact) mass is 307 g/mol. The predicted octanol–water partition coefficient (Wildman–Crippen LogP) is 2.88. The van der Waals surface area contributed by atoms with Crippen molar-refractivity contribution in [3.8, 4) is 11.1 Å². The summed E-state index contributed by atoms with van der Waals surface area (Å²) >= 11 is 0. The molecular formula is C19H21N3O. The molecule has 0 bridgehead atoms. The lowest BCUT2D eigenvalue weighted by Gasteiger charge is -2.16. The summed E-state index contributed by atoms with van der Waals surface area (Å²) < 4.78 is 0. The van der Waals surface area contributed by atoms with Gasteiger partial charge in [0.1, 0.15) is 0 Å². The number of nitrogens with zero attached hydrogens (tertiary/aromatic N) is 2. The number of likely N-dealkylation sites (N-methyl/N-ethyl adjacent to an activating group) is 1. The molecule has 118 valence electrons. The number of nitrogens with one attached hydrogen (secondary N) is 1. The maximum absolute atomic E-state index is 12.1. The molecule has 0 radical (unpaired) electrons. The van der Waals surface area contributed by atoms with E-state index in [1.54, 1.807) is 0 Å². The number of carbonyl (C=O) groups excluding carboxylic acids is 1. The number of rotatable bonds is 5. The molecule has 1 amide bonds. The van der Waals surface area contributed by atoms with E-state index in [1.807, 2.05) is 50.2 Å². The Balaban J connectivity index is 1.86. The second kappa shape index (κ2) is 6.75. The highest BCUT2D eigenvalue weighted by Crippen LogP contribution is 2.36. The molecule has 4 nitrogen and oxygen atoms in total. The first-order chi connectivity index (χ1) is 11.2. The van der Waals surface area contributed by atoms with Crippen molar-refractivity contribution in [1.29, 1.82) is 0 Å². The van der Waals surface area contributed by atoms with E-state index >= 15 is 0 Å². The van der Waals surface area contributed by atoms with Crippen LogP contribution in [0, 0.1) is 0 Å². The number of fused-ring (bicyclic) bond motifs is 3. The molecule has 0 fully saturated rings. The Kier molecular flexibility index (Phi) is 4.53. The summed E-state index contributed by atoms with van der Waals surface area (Å²) in [5, 5.41) is 4.42. The molecule has 23 heavy (non-hydrogen) atoms. The van der Waals surface area contributed by atoms with Gasteiger partial charge in [0.2, 0.25) is 0 Å². The molecule has 0 spiro atoms. The van der Waals surface area contributed by atoms with Crippen LogP contribution in [0.25, 0.3) is 11.1 Å². The Morgan fingerprint density at radius 3 is 1.87 bits per heavy atom. The lowest BCUT2D eigenvalue weighted by atomic mass is 10.1. The van der Waals surface area contributed by atoms with Crippen LogP contribution in [0.4, 0.5) is 0 Å². The van der Waals surface area contributed by atoms with Crippen molar-refractivity contribution in [2.45, 2.75) is 13.8 Å². The van der Waals surface area contributed by atoms with E-state index in [4.69, 9.17) is 0 Å². The molecule has 0 unspecified atom stereocenters. The van der Waals surface area contributed by atoms with Crippen LogP contribution < -0.4 is 5.43 Å². The zero-order chi connectivity index (χ0) is 16.2. The van der Waals surface area contributed by atoms with Crippen LogP contribution in [0.3, 0.4) is 0 Å². The molecule has 0 saturated carbocycles. The number of amides is 1. The minimum Gasteiger partial charge on any atom is -0.295 e. The SMILES string of the molecule is CCN(CC)CC(=O)NN=C1c2ccccc2-c2ccccc21. The van der Waals surface area contributed by atoms with E-state index in [9.17, 15) is 4.79 Å². The minimum atomic E-state index is -0.0805. The Bertz CT molecular complexity index is 700. The van der Waals surface area contributed by atoms with Crippen LogP contribution in [-0.2, 0) is 4.79 Å². The first-order valence-corrected chi connectivity index (χ1v) is 8.02. The zero-order valence-electron chi connectivity index (χ0n) is 13.5. The van der Waals surface area contributed by atoms with Crippen molar-refractivity contribution in [3.63, 3.8) is 0 Å². The van der Waals surface area contributed by atoms with Gasteiger partial charge >= 0.3 is 0 Å². The van der Waals surface area contributed by atoms with E-state index in [0.29, 0.717) is 6.54 Å². The first kappa shape index (κ1) is 15.4. The summed E-state index contributed by atoms with van der Waals surface area (Å²) in [5.41, 5.74) is 8.02. The highest BCUT2D eigenvalue weighted by molar-refractivity contribution is 6.24. The molecule has 1 aliphatic carbocycles. The van der Waals surface area contributed by atoms with E-state index < -0.39 is 0 Å². The Hall–Kier alpha value is -2.46. The van der Waals surface area contributed by atoms with Gasteiger partial charge in [-0.2, -0.15) is 5.10 Å². The molecule has 0 saturated heterocycles. The number of hydrazone groups is 1. The smallest absolute Gasteiger partial charge is 0.254 e. The summed E-state index contributed by atoms with van der Waals surface area (Å²) in [6.45, 7) is 6.17. The van der Waals surface area contributed by atoms with E-state index in [2.05, 4.69) is 27.6 Å². The third kappa shape index (κ3) is 3.03. The largest absolute Gasteiger partial charge is 0.295 e. The Labute approximate surface area is 136 Å². The van der Waals surface area contributed by atoms with Crippen LogP contribution in [0.15, 0.2) is 53.6 Å². The first-order valence-electron chi connectivity index (χ1n) is 8.02. The normalized spacial score (nSPS) is 12.0. The van der Waals surface area contributed by atoms with Gasteiger partial charge in [-0.1, -0.05) is 62.4 Å². The van der Waals surface area contributed by atoms with Gasteiger partial charge in [-0.05, 0) is 24.2 Å². The van der Waals surface area contributed by atoms with Gasteiger partial charge in [0, 0.05) is 11.1 Å². The fraction of sp³-hybridized carbons (Fsp3) is 0.263. The third-order valence-corrected chi connectivity index (χ3v) is 4.21. The van der Waals surface area contributed by atoms with Crippen molar-refractivity contribution in [2.24, 2.45) is 5.10 Å². The molecule has 0 atom stereocenters. The van der Waals surface area contributed by atoms with Gasteiger partial charge in [-0.15, -0.1) is 0 Å². The second-order valence-electron chi connectivity index (χ2n) is 5.55. The highest BCUT2D eigenvalue weighted by Gasteiger charge is 2.24. The number of carbonyl (C=O) groups is 1. The molecule has 2 aromatic rings. The molecule has 0 aliphatic heterocycles. The summed E-state index contributed by atoms with van der Waals surface area (Å²) in [4.78, 5) is 14.2. The number of hydrogen-bond donors (Lipinski definition) is 1. The average Bonchev–Trinajstić information content (AvgIpc) is 2.92. The van der Waals surface area contributed by atoms with Gasteiger partial charge in [-0.3, -0.25) is 9.69 Å². The Morgan fingerprint density at radius 2 is 1.39 bits per heavy atom. The van der Waals surface area contributed by atoms with Gasteiger partial charge < -0.3 is 0 Å². The molecule has 4 heteroatoms. The maximum atomic E-state index is 12.1. The lowest BCUT2D eigenvalue weighted by Crippen LogP contribution is -2.35. The van der Waals surface area contributed by atoms with E-state index in [0.717, 1.165) is 29.9 Å².